The van der Waals surface area contributed by atoms with E-state index in [0.717, 1.165) is 5.56 Å². The summed E-state index contributed by atoms with van der Waals surface area (Å²) in [6.45, 7) is 8.89. The van der Waals surface area contributed by atoms with Gasteiger partial charge in [-0.3, -0.25) is 4.79 Å². The van der Waals surface area contributed by atoms with E-state index in [0.29, 0.717) is 17.0 Å². The first-order chi connectivity index (χ1) is 14.9. The Morgan fingerprint density at radius 3 is 2.56 bits per heavy atom. The lowest BCUT2D eigenvalue weighted by Crippen LogP contribution is -2.32. The van der Waals surface area contributed by atoms with Gasteiger partial charge < -0.3 is 19.9 Å². The van der Waals surface area contributed by atoms with E-state index in [1.165, 1.54) is 19.2 Å². The summed E-state index contributed by atoms with van der Waals surface area (Å²) < 4.78 is 30.2. The van der Waals surface area contributed by atoms with E-state index in [1.807, 2.05) is 6.92 Å². The molecular formula is C23H29FN4O4. The summed E-state index contributed by atoms with van der Waals surface area (Å²) in [6.07, 6.45) is 1.34. The molecule has 1 heterocycles. The second-order valence-corrected chi connectivity index (χ2v) is 8.17. The van der Waals surface area contributed by atoms with Gasteiger partial charge in [-0.15, -0.1) is 0 Å². The number of pyridine rings is 1. The topological polar surface area (TPSA) is 120 Å². The number of nitrogens with zero attached hydrogens (tertiary/aromatic N) is 2. The number of hydrogen-bond acceptors (Lipinski definition) is 6. The van der Waals surface area contributed by atoms with Crippen LogP contribution in [0.3, 0.4) is 0 Å². The highest BCUT2D eigenvalue weighted by Gasteiger charge is 2.30. The highest BCUT2D eigenvalue weighted by molar-refractivity contribution is 6.03. The molecule has 0 bridgehead atoms. The average Bonchev–Trinajstić information content (AvgIpc) is 2.70. The van der Waals surface area contributed by atoms with Gasteiger partial charge in [-0.2, -0.15) is 4.99 Å². The second-order valence-electron chi connectivity index (χ2n) is 8.17. The number of methoxy groups -OCH3 is 1. The Balaban J connectivity index is 2.20. The summed E-state index contributed by atoms with van der Waals surface area (Å²) >= 11 is 0. The number of hydrogen-bond donors (Lipinski definition) is 2. The smallest absolute Gasteiger partial charge is 0.314 e. The number of rotatable bonds is 7. The maximum absolute atomic E-state index is 14.7. The van der Waals surface area contributed by atoms with Crippen molar-refractivity contribution < 1.29 is 23.4 Å². The quantitative estimate of drug-likeness (QED) is 0.380. The van der Waals surface area contributed by atoms with Crippen molar-refractivity contribution >= 4 is 17.8 Å². The molecule has 0 aliphatic carbocycles. The first-order valence-corrected chi connectivity index (χ1v) is 10.0. The van der Waals surface area contributed by atoms with Gasteiger partial charge in [-0.25, -0.2) is 14.8 Å². The number of aromatic nitrogens is 1. The van der Waals surface area contributed by atoms with Crippen LogP contribution < -0.4 is 10.5 Å². The molecule has 0 unspecified atom stereocenters. The second kappa shape index (κ2) is 10.2. The van der Waals surface area contributed by atoms with Crippen molar-refractivity contribution in [3.8, 4) is 17.0 Å². The fourth-order valence-corrected chi connectivity index (χ4v) is 2.81. The van der Waals surface area contributed by atoms with Crippen molar-refractivity contribution in [2.45, 2.75) is 40.7 Å². The molecule has 1 aromatic heterocycles. The third kappa shape index (κ3) is 6.26. The molecule has 0 saturated carbocycles. The monoisotopic (exact) mass is 444 g/mol. The molecule has 0 spiro atoms. The number of carbonyl (C=O) groups excluding carboxylic acids is 1. The van der Waals surface area contributed by atoms with Crippen molar-refractivity contribution in [1.82, 2.24) is 4.98 Å². The van der Waals surface area contributed by atoms with Crippen molar-refractivity contribution in [2.75, 3.05) is 13.7 Å². The minimum absolute atomic E-state index is 0.0708. The van der Waals surface area contributed by atoms with Crippen molar-refractivity contribution in [1.29, 1.82) is 5.41 Å². The Hall–Kier alpha value is -3.49. The Morgan fingerprint density at radius 1 is 1.31 bits per heavy atom. The number of benzene rings is 1. The Labute approximate surface area is 187 Å². The molecular weight excluding hydrogens is 415 g/mol. The number of carbonyl (C=O) groups is 1. The third-order valence-electron chi connectivity index (χ3n) is 4.53. The van der Waals surface area contributed by atoms with Crippen molar-refractivity contribution in [3.63, 3.8) is 0 Å². The van der Waals surface area contributed by atoms with Crippen molar-refractivity contribution in [2.24, 2.45) is 16.1 Å². The molecule has 172 valence electrons. The van der Waals surface area contributed by atoms with Gasteiger partial charge in [0.2, 0.25) is 5.88 Å². The number of halogens is 1. The van der Waals surface area contributed by atoms with Crippen LogP contribution >= 0.6 is 0 Å². The molecule has 0 radical (unpaired) electrons. The Bertz CT molecular complexity index is 1030. The fraction of sp³-hybridized carbons (Fsp3) is 0.391. The maximum atomic E-state index is 14.7. The lowest BCUT2D eigenvalue weighted by atomic mass is 9.95. The zero-order valence-electron chi connectivity index (χ0n) is 19.2. The number of aryl methyl sites for hydroxylation is 1. The molecule has 0 aliphatic heterocycles. The summed E-state index contributed by atoms with van der Waals surface area (Å²) in [5.74, 6) is -0.761. The predicted molar refractivity (Wildman–Crippen MR) is 120 cm³/mol. The number of amidine groups is 2. The number of aliphatic imine (C=N–C) groups is 1. The van der Waals surface area contributed by atoms with Gasteiger partial charge in [-0.05, 0) is 57.9 Å². The van der Waals surface area contributed by atoms with Crippen LogP contribution in [0, 0.1) is 23.6 Å². The van der Waals surface area contributed by atoms with Crippen LogP contribution in [0.15, 0.2) is 35.5 Å². The van der Waals surface area contributed by atoms with E-state index in [2.05, 4.69) is 9.98 Å². The molecule has 9 heteroatoms. The van der Waals surface area contributed by atoms with Gasteiger partial charge in [0.1, 0.15) is 18.3 Å². The zero-order chi connectivity index (χ0) is 24.1. The molecule has 1 aromatic carbocycles. The lowest BCUT2D eigenvalue weighted by molar-refractivity contribution is -0.152. The van der Waals surface area contributed by atoms with Crippen LogP contribution in [0.5, 0.6) is 5.88 Å². The first-order valence-electron chi connectivity index (χ1n) is 10.0. The van der Waals surface area contributed by atoms with Gasteiger partial charge in [0.25, 0.3) is 0 Å². The lowest BCUT2D eigenvalue weighted by Gasteiger charge is -2.21. The molecule has 3 N–H and O–H groups in total. The number of nitrogens with one attached hydrogen (secondary N) is 1. The molecule has 0 atom stereocenters. The van der Waals surface area contributed by atoms with E-state index in [1.54, 1.807) is 46.0 Å². The minimum Gasteiger partial charge on any atom is -0.476 e. The summed E-state index contributed by atoms with van der Waals surface area (Å²) in [5.41, 5.74) is 7.21. The van der Waals surface area contributed by atoms with Gasteiger partial charge in [0.15, 0.2) is 0 Å². The molecule has 0 aliphatic rings. The first kappa shape index (κ1) is 24.8. The summed E-state index contributed by atoms with van der Waals surface area (Å²) in [7, 11) is 1.33. The van der Waals surface area contributed by atoms with Crippen molar-refractivity contribution in [3.05, 3.63) is 47.4 Å². The minimum atomic E-state index is -0.819. The number of esters is 1. The Morgan fingerprint density at radius 2 is 2.00 bits per heavy atom. The average molecular weight is 445 g/mol. The van der Waals surface area contributed by atoms with Crippen LogP contribution in [-0.2, 0) is 14.3 Å². The van der Waals surface area contributed by atoms with Crippen LogP contribution in [0.2, 0.25) is 0 Å². The summed E-state index contributed by atoms with van der Waals surface area (Å²) in [4.78, 5) is 19.8. The molecule has 2 rings (SSSR count). The molecule has 8 nitrogen and oxygen atoms in total. The van der Waals surface area contributed by atoms with E-state index in [-0.39, 0.29) is 36.1 Å². The summed E-state index contributed by atoms with van der Waals surface area (Å²) in [5, 5.41) is 7.64. The molecule has 32 heavy (non-hydrogen) atoms. The van der Waals surface area contributed by atoms with Crippen LogP contribution in [0.1, 0.15) is 38.8 Å². The molecule has 0 amide bonds. The van der Waals surface area contributed by atoms with Crippen LogP contribution in [0.25, 0.3) is 11.1 Å². The van der Waals surface area contributed by atoms with Gasteiger partial charge in [0.05, 0.1) is 24.2 Å². The van der Waals surface area contributed by atoms with Gasteiger partial charge >= 0.3 is 12.0 Å². The number of nitrogens with two attached hydrogens (primary N) is 1. The van der Waals surface area contributed by atoms with E-state index in [9.17, 15) is 9.18 Å². The van der Waals surface area contributed by atoms with Crippen LogP contribution in [0.4, 0.5) is 4.39 Å². The standard InChI is InChI=1S/C23H29FN4O4/c1-13(2)32-22(26)28-20(25)16-8-7-15(10-18(16)24)17-11-27-19(9-14(17)3)31-12-23(4,5)21(29)30-6/h7-11,13H,12H2,1-6H3,(H3,25,26,28). The third-order valence-corrected chi connectivity index (χ3v) is 4.53. The number of ether oxygens (including phenoxy) is 3. The molecule has 0 fully saturated rings. The van der Waals surface area contributed by atoms with E-state index < -0.39 is 11.2 Å². The normalized spacial score (nSPS) is 11.9. The highest BCUT2D eigenvalue weighted by atomic mass is 19.1. The highest BCUT2D eigenvalue weighted by Crippen LogP contribution is 2.27. The van der Waals surface area contributed by atoms with E-state index >= 15 is 0 Å². The predicted octanol–water partition coefficient (Wildman–Crippen LogP) is 3.84. The maximum Gasteiger partial charge on any atom is 0.314 e. The molecule has 2 aromatic rings. The SMILES string of the molecule is COC(=O)C(C)(C)COc1cc(C)c(-c2ccc(C(N)=NC(=N)OC(C)C)c(F)c2)cn1. The zero-order valence-corrected chi connectivity index (χ0v) is 19.2. The largest absolute Gasteiger partial charge is 0.476 e. The fourth-order valence-electron chi connectivity index (χ4n) is 2.81. The van der Waals surface area contributed by atoms with Gasteiger partial charge in [0, 0.05) is 17.8 Å². The molecule has 0 saturated heterocycles. The van der Waals surface area contributed by atoms with Gasteiger partial charge in [-0.1, -0.05) is 6.07 Å². The van der Waals surface area contributed by atoms with Crippen LogP contribution in [-0.4, -0.2) is 42.6 Å². The Kier molecular flexibility index (Phi) is 7.91. The summed E-state index contributed by atoms with van der Waals surface area (Å²) in [6, 6.07) is 5.85. The van der Waals surface area contributed by atoms with E-state index in [4.69, 9.17) is 25.4 Å².